The monoisotopic (exact) mass is 304 g/mol. The fraction of sp³-hybridized carbons (Fsp3) is 0.100. The number of hydrogen-bond donors (Lipinski definition) is 0. The van der Waals surface area contributed by atoms with Crippen molar-refractivity contribution in [2.24, 2.45) is 0 Å². The number of benzene rings is 1. The number of alkyl halides is 3. The zero-order valence-electron chi connectivity index (χ0n) is 9.02. The van der Waals surface area contributed by atoms with Gasteiger partial charge in [0.25, 0.3) is 0 Å². The molecule has 0 fully saturated rings. The Hall–Kier alpha value is -1.67. The van der Waals surface area contributed by atoms with Gasteiger partial charge in [-0.15, -0.1) is 15.3 Å². The van der Waals surface area contributed by atoms with Gasteiger partial charge in [-0.1, -0.05) is 35.1 Å². The number of fused-ring (bicyclic) bond motifs is 1. The van der Waals surface area contributed by atoms with Gasteiger partial charge in [-0.25, -0.2) is 0 Å². The lowest BCUT2D eigenvalue weighted by Crippen LogP contribution is -2.05. The Bertz CT molecular complexity index is 749. The Balaban J connectivity index is 2.21. The third kappa shape index (κ3) is 2.06. The maximum atomic E-state index is 12.6. The van der Waals surface area contributed by atoms with E-state index < -0.39 is 11.2 Å². The number of halogens is 4. The Morgan fingerprint density at radius 1 is 1.16 bits per heavy atom. The molecular formula is C10H4ClF3N4S. The number of nitrogens with zero attached hydrogens (tertiary/aromatic N) is 4. The van der Waals surface area contributed by atoms with Crippen molar-refractivity contribution in [3.8, 4) is 11.4 Å². The van der Waals surface area contributed by atoms with Gasteiger partial charge in [0, 0.05) is 5.56 Å². The molecule has 3 rings (SSSR count). The van der Waals surface area contributed by atoms with E-state index in [1.165, 1.54) is 0 Å². The predicted molar refractivity (Wildman–Crippen MR) is 64.1 cm³/mol. The summed E-state index contributed by atoms with van der Waals surface area (Å²) in [5.41, 5.74) is 0.482. The third-order valence-electron chi connectivity index (χ3n) is 2.35. The average molecular weight is 305 g/mol. The normalized spacial score (nSPS) is 12.2. The summed E-state index contributed by atoms with van der Waals surface area (Å²) in [4.78, 5) is 0.0715. The van der Waals surface area contributed by atoms with Crippen LogP contribution in [0.3, 0.4) is 0 Å². The number of aromatic nitrogens is 4. The summed E-state index contributed by atoms with van der Waals surface area (Å²) in [6.45, 7) is 0. The molecule has 0 unspecified atom stereocenters. The molecule has 98 valence electrons. The molecule has 0 aliphatic heterocycles. The summed E-state index contributed by atoms with van der Waals surface area (Å²) in [6.07, 6.45) is -4.50. The smallest absolute Gasteiger partial charge is 0.182 e. The molecule has 19 heavy (non-hydrogen) atoms. The van der Waals surface area contributed by atoms with Crippen LogP contribution in [0.1, 0.15) is 5.01 Å². The van der Waals surface area contributed by atoms with Gasteiger partial charge < -0.3 is 0 Å². The van der Waals surface area contributed by atoms with Crippen molar-refractivity contribution in [3.63, 3.8) is 0 Å². The van der Waals surface area contributed by atoms with Gasteiger partial charge in [0.05, 0.1) is 5.02 Å². The van der Waals surface area contributed by atoms with Crippen LogP contribution in [-0.4, -0.2) is 19.8 Å². The van der Waals surface area contributed by atoms with Crippen LogP contribution < -0.4 is 0 Å². The molecule has 1 aromatic carbocycles. The molecule has 0 saturated heterocycles. The van der Waals surface area contributed by atoms with Crippen LogP contribution >= 0.6 is 22.9 Å². The molecule has 0 saturated carbocycles. The van der Waals surface area contributed by atoms with Crippen LogP contribution in [0.4, 0.5) is 13.2 Å². The first kappa shape index (κ1) is 12.4. The fourth-order valence-corrected chi connectivity index (χ4v) is 2.47. The Kier molecular flexibility index (Phi) is 2.72. The number of rotatable bonds is 1. The minimum absolute atomic E-state index is 0.0715. The molecule has 2 aromatic heterocycles. The average Bonchev–Trinajstić information content (AvgIpc) is 2.88. The van der Waals surface area contributed by atoms with Crippen LogP contribution in [0.15, 0.2) is 24.3 Å². The first-order chi connectivity index (χ1) is 8.97. The highest BCUT2D eigenvalue weighted by atomic mass is 35.5. The van der Waals surface area contributed by atoms with Gasteiger partial charge in [-0.2, -0.15) is 17.7 Å². The maximum Gasteiger partial charge on any atom is 0.445 e. The molecule has 0 bridgehead atoms. The topological polar surface area (TPSA) is 43.1 Å². The van der Waals surface area contributed by atoms with E-state index in [1.54, 1.807) is 24.3 Å². The van der Waals surface area contributed by atoms with E-state index in [-0.39, 0.29) is 10.8 Å². The van der Waals surface area contributed by atoms with Crippen LogP contribution in [0.25, 0.3) is 16.3 Å². The fourth-order valence-electron chi connectivity index (χ4n) is 1.54. The highest BCUT2D eigenvalue weighted by Crippen LogP contribution is 2.34. The minimum Gasteiger partial charge on any atom is -0.182 e. The molecule has 0 aliphatic carbocycles. The summed E-state index contributed by atoms with van der Waals surface area (Å²) in [6, 6.07) is 6.69. The molecule has 3 aromatic rings. The summed E-state index contributed by atoms with van der Waals surface area (Å²) < 4.78 is 38.8. The molecular weight excluding hydrogens is 301 g/mol. The van der Waals surface area contributed by atoms with E-state index in [0.717, 1.165) is 4.52 Å². The maximum absolute atomic E-state index is 12.6. The van der Waals surface area contributed by atoms with Gasteiger partial charge >= 0.3 is 6.18 Å². The van der Waals surface area contributed by atoms with Crippen LogP contribution in [-0.2, 0) is 6.18 Å². The molecule has 0 spiro atoms. The molecule has 4 nitrogen and oxygen atoms in total. The molecule has 0 amide bonds. The highest BCUT2D eigenvalue weighted by molar-refractivity contribution is 7.16. The van der Waals surface area contributed by atoms with Gasteiger partial charge in [-0.3, -0.25) is 0 Å². The first-order valence-corrected chi connectivity index (χ1v) is 6.20. The zero-order valence-corrected chi connectivity index (χ0v) is 10.6. The van der Waals surface area contributed by atoms with E-state index in [4.69, 9.17) is 11.6 Å². The summed E-state index contributed by atoms with van der Waals surface area (Å²) in [7, 11) is 0. The van der Waals surface area contributed by atoms with E-state index in [0.29, 0.717) is 21.9 Å². The standard InChI is InChI=1S/C10H4ClF3N4S/c11-6-4-2-1-3-5(6)7-15-16-9-18(7)17-8(19-9)10(12,13)14/h1-4H. The summed E-state index contributed by atoms with van der Waals surface area (Å²) >= 11 is 6.42. The van der Waals surface area contributed by atoms with Crippen LogP contribution in [0, 0.1) is 0 Å². The minimum atomic E-state index is -4.50. The quantitative estimate of drug-likeness (QED) is 0.691. The lowest BCUT2D eigenvalue weighted by atomic mass is 10.2. The lowest BCUT2D eigenvalue weighted by Gasteiger charge is -2.00. The Morgan fingerprint density at radius 2 is 1.89 bits per heavy atom. The van der Waals surface area contributed by atoms with Crippen LogP contribution in [0.5, 0.6) is 0 Å². The molecule has 0 N–H and O–H groups in total. The van der Waals surface area contributed by atoms with Crippen LogP contribution in [0.2, 0.25) is 5.02 Å². The van der Waals surface area contributed by atoms with Crippen molar-refractivity contribution in [2.75, 3.05) is 0 Å². The second-order valence-corrected chi connectivity index (χ2v) is 4.97. The molecule has 0 radical (unpaired) electrons. The first-order valence-electron chi connectivity index (χ1n) is 5.01. The van der Waals surface area contributed by atoms with Crippen molar-refractivity contribution < 1.29 is 13.2 Å². The van der Waals surface area contributed by atoms with Crippen molar-refractivity contribution in [1.29, 1.82) is 0 Å². The van der Waals surface area contributed by atoms with Gasteiger partial charge in [0.15, 0.2) is 5.82 Å². The van der Waals surface area contributed by atoms with Gasteiger partial charge in [0.1, 0.15) is 0 Å². The van der Waals surface area contributed by atoms with E-state index in [2.05, 4.69) is 15.3 Å². The van der Waals surface area contributed by atoms with Crippen molar-refractivity contribution >= 4 is 27.9 Å². The second kappa shape index (κ2) is 4.17. The van der Waals surface area contributed by atoms with E-state index in [1.807, 2.05) is 0 Å². The summed E-state index contributed by atoms with van der Waals surface area (Å²) in [5, 5.41) is 10.4. The summed E-state index contributed by atoms with van der Waals surface area (Å²) in [5.74, 6) is 0.187. The SMILES string of the molecule is FC(F)(F)c1nn2c(-c3ccccc3Cl)nnc2s1. The van der Waals surface area contributed by atoms with Gasteiger partial charge in [-0.05, 0) is 12.1 Å². The predicted octanol–water partition coefficient (Wildman–Crippen LogP) is 3.53. The molecule has 0 atom stereocenters. The number of hydrogen-bond acceptors (Lipinski definition) is 4. The van der Waals surface area contributed by atoms with Crippen molar-refractivity contribution in [2.45, 2.75) is 6.18 Å². The third-order valence-corrected chi connectivity index (χ3v) is 3.62. The molecule has 9 heteroatoms. The molecule has 2 heterocycles. The van der Waals surface area contributed by atoms with Crippen molar-refractivity contribution in [1.82, 2.24) is 19.8 Å². The Labute approximate surface area is 113 Å². The van der Waals surface area contributed by atoms with Crippen molar-refractivity contribution in [3.05, 3.63) is 34.3 Å². The largest absolute Gasteiger partial charge is 0.445 e. The lowest BCUT2D eigenvalue weighted by molar-refractivity contribution is -0.138. The van der Waals surface area contributed by atoms with E-state index >= 15 is 0 Å². The zero-order chi connectivity index (χ0) is 13.6. The Morgan fingerprint density at radius 3 is 2.58 bits per heavy atom. The second-order valence-electron chi connectivity index (χ2n) is 3.60. The highest BCUT2D eigenvalue weighted by Gasteiger charge is 2.36. The van der Waals surface area contributed by atoms with E-state index in [9.17, 15) is 13.2 Å². The van der Waals surface area contributed by atoms with Gasteiger partial charge in [0.2, 0.25) is 9.97 Å². The molecule has 0 aliphatic rings.